The number of hydrogen-bond acceptors (Lipinski definition) is 4. The number of esters is 1. The summed E-state index contributed by atoms with van der Waals surface area (Å²) < 4.78 is 10.3. The molecule has 1 aromatic carbocycles. The number of unbranched alkanes of at least 4 members (excludes halogenated alkanes) is 1. The van der Waals surface area contributed by atoms with Gasteiger partial charge in [0.15, 0.2) is 0 Å². The van der Waals surface area contributed by atoms with Crippen molar-refractivity contribution in [3.63, 3.8) is 0 Å². The Morgan fingerprint density at radius 3 is 2.76 bits per heavy atom. The van der Waals surface area contributed by atoms with Crippen molar-refractivity contribution in [3.05, 3.63) is 29.3 Å². The van der Waals surface area contributed by atoms with Crippen LogP contribution in [-0.4, -0.2) is 26.2 Å². The summed E-state index contributed by atoms with van der Waals surface area (Å²) in [6, 6.07) is 5.50. The lowest BCUT2D eigenvalue weighted by Crippen LogP contribution is -2.09. The molecule has 0 aliphatic carbocycles. The van der Waals surface area contributed by atoms with Crippen LogP contribution >= 0.6 is 0 Å². The smallest absolute Gasteiger partial charge is 0.341 e. The van der Waals surface area contributed by atoms with E-state index >= 15 is 0 Å². The highest BCUT2D eigenvalue weighted by atomic mass is 16.5. The van der Waals surface area contributed by atoms with Crippen molar-refractivity contribution in [2.45, 2.75) is 19.8 Å². The normalized spacial score (nSPS) is 10.1. The van der Waals surface area contributed by atoms with Crippen LogP contribution in [0.4, 0.5) is 0 Å². The van der Waals surface area contributed by atoms with Crippen molar-refractivity contribution < 1.29 is 14.3 Å². The molecule has 0 radical (unpaired) electrons. The van der Waals surface area contributed by atoms with E-state index in [1.165, 1.54) is 7.11 Å². The van der Waals surface area contributed by atoms with Crippen LogP contribution in [0.1, 0.15) is 28.8 Å². The van der Waals surface area contributed by atoms with E-state index in [1.54, 1.807) is 6.07 Å². The minimum Gasteiger partial charge on any atom is -0.493 e. The lowest BCUT2D eigenvalue weighted by atomic mass is 10.1. The SMILES string of the molecule is COC(=O)c1c(C)cccc1OCCCCN. The molecule has 4 heteroatoms. The second-order valence-electron chi connectivity index (χ2n) is 3.78. The van der Waals surface area contributed by atoms with E-state index in [-0.39, 0.29) is 5.97 Å². The Morgan fingerprint density at radius 1 is 1.35 bits per heavy atom. The fraction of sp³-hybridized carbons (Fsp3) is 0.462. The average molecular weight is 237 g/mol. The molecule has 0 spiro atoms. The fourth-order valence-corrected chi connectivity index (χ4v) is 1.55. The van der Waals surface area contributed by atoms with E-state index in [4.69, 9.17) is 15.2 Å². The summed E-state index contributed by atoms with van der Waals surface area (Å²) in [7, 11) is 1.37. The first kappa shape index (κ1) is 13.5. The Bertz CT molecular complexity index is 377. The maximum atomic E-state index is 11.6. The topological polar surface area (TPSA) is 61.5 Å². The van der Waals surface area contributed by atoms with E-state index in [2.05, 4.69) is 0 Å². The van der Waals surface area contributed by atoms with Gasteiger partial charge in [0.2, 0.25) is 0 Å². The van der Waals surface area contributed by atoms with Crippen molar-refractivity contribution in [1.82, 2.24) is 0 Å². The van der Waals surface area contributed by atoms with Gasteiger partial charge in [-0.05, 0) is 37.9 Å². The van der Waals surface area contributed by atoms with Crippen molar-refractivity contribution in [2.24, 2.45) is 5.73 Å². The highest BCUT2D eigenvalue weighted by Gasteiger charge is 2.15. The number of aryl methyl sites for hydroxylation is 1. The molecule has 2 N–H and O–H groups in total. The van der Waals surface area contributed by atoms with Crippen LogP contribution in [0.15, 0.2) is 18.2 Å². The predicted molar refractivity (Wildman–Crippen MR) is 66.3 cm³/mol. The second kappa shape index (κ2) is 6.91. The minimum absolute atomic E-state index is 0.364. The zero-order chi connectivity index (χ0) is 12.7. The van der Waals surface area contributed by atoms with Gasteiger partial charge in [0.1, 0.15) is 11.3 Å². The monoisotopic (exact) mass is 237 g/mol. The first-order chi connectivity index (χ1) is 8.20. The molecular weight excluding hydrogens is 218 g/mol. The highest BCUT2D eigenvalue weighted by molar-refractivity contribution is 5.94. The number of rotatable bonds is 6. The predicted octanol–water partition coefficient (Wildman–Crippen LogP) is 1.90. The molecule has 94 valence electrons. The molecule has 0 bridgehead atoms. The molecule has 0 amide bonds. The van der Waals surface area contributed by atoms with E-state index in [9.17, 15) is 4.79 Å². The van der Waals surface area contributed by atoms with Gasteiger partial charge in [0, 0.05) is 0 Å². The number of carbonyl (C=O) groups is 1. The first-order valence-corrected chi connectivity index (χ1v) is 5.71. The molecule has 1 aromatic rings. The maximum absolute atomic E-state index is 11.6. The lowest BCUT2D eigenvalue weighted by Gasteiger charge is -2.12. The van der Waals surface area contributed by atoms with Crippen LogP contribution in [0, 0.1) is 6.92 Å². The first-order valence-electron chi connectivity index (χ1n) is 5.71. The van der Waals surface area contributed by atoms with Crippen LogP contribution in [0.2, 0.25) is 0 Å². The Morgan fingerprint density at radius 2 is 2.12 bits per heavy atom. The summed E-state index contributed by atoms with van der Waals surface area (Å²) in [6.45, 7) is 3.07. The van der Waals surface area contributed by atoms with Crippen LogP contribution in [0.5, 0.6) is 5.75 Å². The van der Waals surface area contributed by atoms with Gasteiger partial charge in [-0.25, -0.2) is 4.79 Å². The van der Waals surface area contributed by atoms with Gasteiger partial charge in [0.05, 0.1) is 13.7 Å². The zero-order valence-corrected chi connectivity index (χ0v) is 10.4. The zero-order valence-electron chi connectivity index (χ0n) is 10.4. The summed E-state index contributed by atoms with van der Waals surface area (Å²) in [6.07, 6.45) is 1.80. The molecule has 0 aliphatic rings. The third-order valence-corrected chi connectivity index (χ3v) is 2.48. The van der Waals surface area contributed by atoms with Gasteiger partial charge in [-0.15, -0.1) is 0 Å². The van der Waals surface area contributed by atoms with Crippen molar-refractivity contribution in [3.8, 4) is 5.75 Å². The minimum atomic E-state index is -0.364. The van der Waals surface area contributed by atoms with Crippen LogP contribution in [0.3, 0.4) is 0 Å². The van der Waals surface area contributed by atoms with Crippen LogP contribution in [-0.2, 0) is 4.74 Å². The third kappa shape index (κ3) is 3.75. The Hall–Kier alpha value is -1.55. The summed E-state index contributed by atoms with van der Waals surface area (Å²) in [5.74, 6) is 0.214. The van der Waals surface area contributed by atoms with Crippen molar-refractivity contribution in [1.29, 1.82) is 0 Å². The van der Waals surface area contributed by atoms with E-state index in [0.29, 0.717) is 24.5 Å². The average Bonchev–Trinajstić information content (AvgIpc) is 2.34. The van der Waals surface area contributed by atoms with Gasteiger partial charge in [-0.1, -0.05) is 12.1 Å². The highest BCUT2D eigenvalue weighted by Crippen LogP contribution is 2.23. The number of ether oxygens (including phenoxy) is 2. The van der Waals surface area contributed by atoms with Crippen molar-refractivity contribution in [2.75, 3.05) is 20.3 Å². The van der Waals surface area contributed by atoms with Gasteiger partial charge >= 0.3 is 5.97 Å². The largest absolute Gasteiger partial charge is 0.493 e. The number of benzene rings is 1. The van der Waals surface area contributed by atoms with Gasteiger partial charge in [0.25, 0.3) is 0 Å². The van der Waals surface area contributed by atoms with E-state index in [1.807, 2.05) is 19.1 Å². The quantitative estimate of drug-likeness (QED) is 0.606. The molecular formula is C13H19NO3. The Balaban J connectivity index is 2.76. The van der Waals surface area contributed by atoms with Gasteiger partial charge < -0.3 is 15.2 Å². The molecule has 1 rings (SSSR count). The van der Waals surface area contributed by atoms with Crippen LogP contribution < -0.4 is 10.5 Å². The molecule has 0 aromatic heterocycles. The van der Waals surface area contributed by atoms with Gasteiger partial charge in [-0.2, -0.15) is 0 Å². The molecule has 0 heterocycles. The molecule has 0 unspecified atom stereocenters. The van der Waals surface area contributed by atoms with E-state index in [0.717, 1.165) is 18.4 Å². The molecule has 17 heavy (non-hydrogen) atoms. The Kier molecular flexibility index (Phi) is 5.49. The standard InChI is InChI=1S/C13H19NO3/c1-10-6-5-7-11(12(10)13(15)16-2)17-9-4-3-8-14/h5-7H,3-4,8-9,14H2,1-2H3. The summed E-state index contributed by atoms with van der Waals surface area (Å²) in [4.78, 5) is 11.6. The maximum Gasteiger partial charge on any atom is 0.341 e. The second-order valence-corrected chi connectivity index (χ2v) is 3.78. The molecule has 0 saturated carbocycles. The van der Waals surface area contributed by atoms with Gasteiger partial charge in [-0.3, -0.25) is 0 Å². The number of methoxy groups -OCH3 is 1. The van der Waals surface area contributed by atoms with E-state index < -0.39 is 0 Å². The fourth-order valence-electron chi connectivity index (χ4n) is 1.55. The number of nitrogens with two attached hydrogens (primary N) is 1. The Labute approximate surface area is 102 Å². The summed E-state index contributed by atoms with van der Waals surface area (Å²) in [5, 5.41) is 0. The summed E-state index contributed by atoms with van der Waals surface area (Å²) >= 11 is 0. The molecule has 0 atom stereocenters. The summed E-state index contributed by atoms with van der Waals surface area (Å²) in [5.41, 5.74) is 6.76. The molecule has 0 saturated heterocycles. The molecule has 0 fully saturated rings. The lowest BCUT2D eigenvalue weighted by molar-refractivity contribution is 0.0595. The molecule has 0 aliphatic heterocycles. The van der Waals surface area contributed by atoms with Crippen molar-refractivity contribution >= 4 is 5.97 Å². The third-order valence-electron chi connectivity index (χ3n) is 2.48. The number of carbonyl (C=O) groups excluding carboxylic acids is 1. The molecule has 4 nitrogen and oxygen atoms in total. The number of hydrogen-bond donors (Lipinski definition) is 1. The van der Waals surface area contributed by atoms with Crippen LogP contribution in [0.25, 0.3) is 0 Å².